The van der Waals surface area contributed by atoms with Crippen molar-refractivity contribution < 1.29 is 18.7 Å². The van der Waals surface area contributed by atoms with Gasteiger partial charge in [0.15, 0.2) is 0 Å². The molecular formula is C30H34FN3O3. The van der Waals surface area contributed by atoms with Gasteiger partial charge < -0.3 is 14.8 Å². The van der Waals surface area contributed by atoms with Gasteiger partial charge in [-0.15, -0.1) is 0 Å². The van der Waals surface area contributed by atoms with E-state index in [0.29, 0.717) is 5.75 Å². The highest BCUT2D eigenvalue weighted by atomic mass is 19.1. The van der Waals surface area contributed by atoms with Gasteiger partial charge >= 0.3 is 0 Å². The molecular weight excluding hydrogens is 469 g/mol. The fraction of sp³-hybridized carbons (Fsp3) is 0.333. The van der Waals surface area contributed by atoms with E-state index < -0.39 is 11.5 Å². The molecule has 0 bridgehead atoms. The van der Waals surface area contributed by atoms with E-state index in [1.807, 2.05) is 63.2 Å². The number of halogens is 1. The van der Waals surface area contributed by atoms with Crippen molar-refractivity contribution in [1.82, 2.24) is 15.1 Å². The second-order valence-corrected chi connectivity index (χ2v) is 10.2. The number of amides is 1. The monoisotopic (exact) mass is 503 g/mol. The number of nitrogens with zero attached hydrogens (tertiary/aromatic N) is 2. The van der Waals surface area contributed by atoms with E-state index in [4.69, 9.17) is 9.47 Å². The van der Waals surface area contributed by atoms with Gasteiger partial charge in [-0.2, -0.15) is 5.10 Å². The minimum atomic E-state index is -0.529. The van der Waals surface area contributed by atoms with Gasteiger partial charge in [0.05, 0.1) is 30.6 Å². The fourth-order valence-corrected chi connectivity index (χ4v) is 4.22. The molecule has 0 spiro atoms. The van der Waals surface area contributed by atoms with E-state index >= 15 is 0 Å². The summed E-state index contributed by atoms with van der Waals surface area (Å²) in [5.74, 6) is 1.06. The number of fused-ring (bicyclic) bond motifs is 1. The number of rotatable bonds is 9. The summed E-state index contributed by atoms with van der Waals surface area (Å²) in [5, 5.41) is 8.61. The van der Waals surface area contributed by atoms with Crippen LogP contribution in [0.5, 0.6) is 11.5 Å². The summed E-state index contributed by atoms with van der Waals surface area (Å²) in [6, 6.07) is 19.5. The predicted octanol–water partition coefficient (Wildman–Crippen LogP) is 6.62. The molecule has 2 atom stereocenters. The van der Waals surface area contributed by atoms with Crippen LogP contribution in [-0.2, 0) is 4.79 Å². The maximum atomic E-state index is 13.4. The molecule has 1 amide bonds. The molecule has 0 aliphatic carbocycles. The zero-order valence-electron chi connectivity index (χ0n) is 22.0. The van der Waals surface area contributed by atoms with Crippen LogP contribution < -0.4 is 14.8 Å². The first-order valence-electron chi connectivity index (χ1n) is 12.5. The highest BCUT2D eigenvalue weighted by molar-refractivity contribution is 5.82. The van der Waals surface area contributed by atoms with Crippen LogP contribution in [0.15, 0.2) is 72.9 Å². The maximum Gasteiger partial charge on any atom is 0.225 e. The average molecular weight is 504 g/mol. The van der Waals surface area contributed by atoms with E-state index in [2.05, 4.69) is 17.3 Å². The molecule has 0 aliphatic rings. The van der Waals surface area contributed by atoms with E-state index in [-0.39, 0.29) is 17.8 Å². The lowest BCUT2D eigenvalue weighted by atomic mass is 9.92. The Morgan fingerprint density at radius 3 is 2.49 bits per heavy atom. The molecule has 1 N–H and O–H groups in total. The highest BCUT2D eigenvalue weighted by Gasteiger charge is 2.31. The van der Waals surface area contributed by atoms with Crippen LogP contribution in [0.1, 0.15) is 52.2 Å². The lowest BCUT2D eigenvalue weighted by Gasteiger charge is -2.31. The van der Waals surface area contributed by atoms with Gasteiger partial charge in [0, 0.05) is 10.8 Å². The lowest BCUT2D eigenvalue weighted by molar-refractivity contribution is -0.130. The molecule has 4 rings (SSSR count). The first-order valence-corrected chi connectivity index (χ1v) is 12.5. The topological polar surface area (TPSA) is 65.4 Å². The number of nitrogens with one attached hydrogen (secondary N) is 1. The Labute approximate surface area is 217 Å². The van der Waals surface area contributed by atoms with Gasteiger partial charge in [0.1, 0.15) is 23.4 Å². The van der Waals surface area contributed by atoms with E-state index in [0.717, 1.165) is 40.7 Å². The summed E-state index contributed by atoms with van der Waals surface area (Å²) in [7, 11) is 1.63. The number of hydrogen-bond acceptors (Lipinski definition) is 4. The summed E-state index contributed by atoms with van der Waals surface area (Å²) in [4.78, 5) is 13.0. The molecule has 4 aromatic rings. The molecule has 0 fully saturated rings. The summed E-state index contributed by atoms with van der Waals surface area (Å²) in [5.41, 5.74) is 2.03. The van der Waals surface area contributed by atoms with Crippen LogP contribution in [0.4, 0.5) is 4.39 Å². The zero-order valence-corrected chi connectivity index (χ0v) is 22.0. The molecule has 194 valence electrons. The molecule has 7 heteroatoms. The third-order valence-corrected chi connectivity index (χ3v) is 6.26. The predicted molar refractivity (Wildman–Crippen MR) is 144 cm³/mol. The fourth-order valence-electron chi connectivity index (χ4n) is 4.22. The van der Waals surface area contributed by atoms with Crippen molar-refractivity contribution in [2.45, 2.75) is 52.7 Å². The molecule has 0 unspecified atom stereocenters. The number of hydrogen-bond donors (Lipinski definition) is 1. The first-order chi connectivity index (χ1) is 17.7. The molecule has 0 aliphatic heterocycles. The number of carbonyl (C=O) groups is 1. The summed E-state index contributed by atoms with van der Waals surface area (Å²) in [6.07, 6.45) is 2.94. The Bertz CT molecular complexity index is 1360. The van der Waals surface area contributed by atoms with Crippen molar-refractivity contribution in [1.29, 1.82) is 0 Å². The second-order valence-electron chi connectivity index (χ2n) is 10.2. The van der Waals surface area contributed by atoms with Crippen molar-refractivity contribution in [2.24, 2.45) is 5.41 Å². The first kappa shape index (κ1) is 26.2. The third kappa shape index (κ3) is 6.10. The standard InChI is InChI=1S/C30H34FN3O3/c1-6-8-26(33-29(35)30(2,3)4)28(20-9-7-10-24(17-20)36-5)37-25-15-16-27-21(18-25)19-32-34(27)23-13-11-22(31)12-14-23/h7,9-19,26,28H,6,8H2,1-5H3,(H,33,35)/t26-,28-/m0/s1. The normalized spacial score (nSPS) is 13.2. The molecule has 0 saturated carbocycles. The summed E-state index contributed by atoms with van der Waals surface area (Å²) < 4.78 is 27.2. The lowest BCUT2D eigenvalue weighted by Crippen LogP contribution is -2.45. The van der Waals surface area contributed by atoms with Gasteiger partial charge in [0.25, 0.3) is 0 Å². The quantitative estimate of drug-likeness (QED) is 0.279. The molecule has 37 heavy (non-hydrogen) atoms. The number of ether oxygens (including phenoxy) is 2. The van der Waals surface area contributed by atoms with Crippen LogP contribution in [0.25, 0.3) is 16.6 Å². The van der Waals surface area contributed by atoms with Gasteiger partial charge in [-0.05, 0) is 66.6 Å². The zero-order chi connectivity index (χ0) is 26.6. The third-order valence-electron chi connectivity index (χ3n) is 6.26. The van der Waals surface area contributed by atoms with Crippen molar-refractivity contribution in [2.75, 3.05) is 7.11 Å². The van der Waals surface area contributed by atoms with Gasteiger partial charge in [-0.1, -0.05) is 46.2 Å². The van der Waals surface area contributed by atoms with Crippen molar-refractivity contribution in [3.05, 3.63) is 84.3 Å². The number of benzene rings is 3. The molecule has 1 aromatic heterocycles. The second kappa shape index (κ2) is 11.0. The molecule has 1 heterocycles. The van der Waals surface area contributed by atoms with Crippen LogP contribution >= 0.6 is 0 Å². The van der Waals surface area contributed by atoms with Crippen molar-refractivity contribution in [3.63, 3.8) is 0 Å². The van der Waals surface area contributed by atoms with Gasteiger partial charge in [0.2, 0.25) is 5.91 Å². The van der Waals surface area contributed by atoms with E-state index in [9.17, 15) is 9.18 Å². The maximum absolute atomic E-state index is 13.4. The van der Waals surface area contributed by atoms with Crippen LogP contribution in [-0.4, -0.2) is 28.8 Å². The Kier molecular flexibility index (Phi) is 7.81. The van der Waals surface area contributed by atoms with Crippen LogP contribution in [0, 0.1) is 11.2 Å². The smallest absolute Gasteiger partial charge is 0.225 e. The Morgan fingerprint density at radius 1 is 1.05 bits per heavy atom. The minimum absolute atomic E-state index is 0.0292. The van der Waals surface area contributed by atoms with E-state index in [1.165, 1.54) is 12.1 Å². The van der Waals surface area contributed by atoms with Crippen LogP contribution in [0.3, 0.4) is 0 Å². The Balaban J connectivity index is 1.70. The SMILES string of the molecule is CCC[C@H](NC(=O)C(C)(C)C)[C@@H](Oc1ccc2c(cnn2-c2ccc(F)cc2)c1)c1cccc(OC)c1. The number of methoxy groups -OCH3 is 1. The molecule has 0 radical (unpaired) electrons. The van der Waals surface area contributed by atoms with Gasteiger partial charge in [-0.3, -0.25) is 4.79 Å². The van der Waals surface area contributed by atoms with Gasteiger partial charge in [-0.25, -0.2) is 9.07 Å². The van der Waals surface area contributed by atoms with Crippen molar-refractivity contribution >= 4 is 16.8 Å². The average Bonchev–Trinajstić information content (AvgIpc) is 3.30. The molecule has 0 saturated heterocycles. The molecule has 3 aromatic carbocycles. The molecule has 6 nitrogen and oxygen atoms in total. The summed E-state index contributed by atoms with van der Waals surface area (Å²) >= 11 is 0. The largest absolute Gasteiger partial charge is 0.497 e. The highest BCUT2D eigenvalue weighted by Crippen LogP contribution is 2.32. The Morgan fingerprint density at radius 2 is 1.81 bits per heavy atom. The van der Waals surface area contributed by atoms with Crippen molar-refractivity contribution in [3.8, 4) is 17.2 Å². The van der Waals surface area contributed by atoms with Crippen LogP contribution in [0.2, 0.25) is 0 Å². The summed E-state index contributed by atoms with van der Waals surface area (Å²) in [6.45, 7) is 7.80. The number of carbonyl (C=O) groups excluding carboxylic acids is 1. The number of aromatic nitrogens is 2. The Hall–Kier alpha value is -3.87. The van der Waals surface area contributed by atoms with E-state index in [1.54, 1.807) is 30.1 Å². The minimum Gasteiger partial charge on any atom is -0.497 e.